The van der Waals surface area contributed by atoms with Gasteiger partial charge >= 0.3 is 0 Å². The molecule has 0 aliphatic carbocycles. The van der Waals surface area contributed by atoms with Gasteiger partial charge in [0.05, 0.1) is 23.8 Å². The number of likely N-dealkylation sites (tertiary alicyclic amines) is 1. The molecule has 4 heterocycles. The van der Waals surface area contributed by atoms with E-state index < -0.39 is 0 Å². The van der Waals surface area contributed by atoms with Crippen molar-refractivity contribution in [1.29, 1.82) is 0 Å². The van der Waals surface area contributed by atoms with Crippen LogP contribution in [0.4, 0.5) is 0 Å². The van der Waals surface area contributed by atoms with Crippen molar-refractivity contribution in [3.8, 4) is 11.4 Å². The quantitative estimate of drug-likeness (QED) is 0.700. The number of hydrogen-bond acceptors (Lipinski definition) is 5. The number of imidazole rings is 1. The molecular formula is C21H24N6O. The molecule has 0 saturated carbocycles. The SMILES string of the molecule is Cc1ncc(-c2cncc(CC3CCCN(C(=O)c4ccccn4)C3)n2)n1C. The molecule has 4 rings (SSSR count). The molecular weight excluding hydrogens is 352 g/mol. The number of amides is 1. The lowest BCUT2D eigenvalue weighted by molar-refractivity contribution is 0.0667. The van der Waals surface area contributed by atoms with E-state index in [1.807, 2.05) is 48.0 Å². The number of rotatable bonds is 4. The number of pyridine rings is 1. The second-order valence-corrected chi connectivity index (χ2v) is 7.32. The standard InChI is InChI=1S/C21H24N6O/c1-15-24-13-20(26(15)2)19-12-22-11-17(25-19)10-16-6-5-9-27(14-16)21(28)18-7-3-4-8-23-18/h3-4,7-8,11-13,16H,5-6,9-10,14H2,1-2H3. The maximum absolute atomic E-state index is 12.7. The van der Waals surface area contributed by atoms with E-state index in [9.17, 15) is 4.79 Å². The van der Waals surface area contributed by atoms with Crippen molar-refractivity contribution in [3.05, 3.63) is 60.2 Å². The molecule has 0 N–H and O–H groups in total. The lowest BCUT2D eigenvalue weighted by atomic mass is 9.93. The first-order valence-corrected chi connectivity index (χ1v) is 9.61. The van der Waals surface area contributed by atoms with Gasteiger partial charge in [-0.05, 0) is 44.2 Å². The molecule has 1 fully saturated rings. The number of aryl methyl sites for hydroxylation is 1. The molecule has 1 aliphatic heterocycles. The van der Waals surface area contributed by atoms with Gasteiger partial charge < -0.3 is 9.47 Å². The molecule has 1 unspecified atom stereocenters. The fraction of sp³-hybridized carbons (Fsp3) is 0.381. The van der Waals surface area contributed by atoms with E-state index in [1.54, 1.807) is 18.5 Å². The van der Waals surface area contributed by atoms with Gasteiger partial charge in [0.25, 0.3) is 5.91 Å². The highest BCUT2D eigenvalue weighted by molar-refractivity contribution is 5.92. The monoisotopic (exact) mass is 376 g/mol. The van der Waals surface area contributed by atoms with E-state index in [2.05, 4.69) is 15.0 Å². The van der Waals surface area contributed by atoms with Crippen LogP contribution in [0.25, 0.3) is 11.4 Å². The van der Waals surface area contributed by atoms with Crippen molar-refractivity contribution in [2.45, 2.75) is 26.2 Å². The van der Waals surface area contributed by atoms with Crippen molar-refractivity contribution in [2.75, 3.05) is 13.1 Å². The Morgan fingerprint density at radius 3 is 2.86 bits per heavy atom. The largest absolute Gasteiger partial charge is 0.337 e. The molecule has 144 valence electrons. The van der Waals surface area contributed by atoms with Crippen LogP contribution in [-0.2, 0) is 13.5 Å². The van der Waals surface area contributed by atoms with Crippen LogP contribution < -0.4 is 0 Å². The van der Waals surface area contributed by atoms with E-state index in [0.29, 0.717) is 11.6 Å². The van der Waals surface area contributed by atoms with E-state index in [4.69, 9.17) is 4.98 Å². The molecule has 1 atom stereocenters. The summed E-state index contributed by atoms with van der Waals surface area (Å²) in [7, 11) is 1.98. The predicted molar refractivity (Wildman–Crippen MR) is 106 cm³/mol. The molecule has 3 aromatic heterocycles. The van der Waals surface area contributed by atoms with E-state index in [1.165, 1.54) is 0 Å². The number of nitrogens with zero attached hydrogens (tertiary/aromatic N) is 6. The molecule has 28 heavy (non-hydrogen) atoms. The smallest absolute Gasteiger partial charge is 0.272 e. The molecule has 3 aromatic rings. The second-order valence-electron chi connectivity index (χ2n) is 7.32. The second kappa shape index (κ2) is 7.88. The summed E-state index contributed by atoms with van der Waals surface area (Å²) < 4.78 is 2.02. The Morgan fingerprint density at radius 2 is 2.11 bits per heavy atom. The van der Waals surface area contributed by atoms with Crippen LogP contribution in [0.2, 0.25) is 0 Å². The lowest BCUT2D eigenvalue weighted by Gasteiger charge is -2.32. The third kappa shape index (κ3) is 3.78. The zero-order chi connectivity index (χ0) is 19.5. The van der Waals surface area contributed by atoms with E-state index >= 15 is 0 Å². The van der Waals surface area contributed by atoms with Gasteiger partial charge in [-0.2, -0.15) is 0 Å². The van der Waals surface area contributed by atoms with Gasteiger partial charge in [-0.15, -0.1) is 0 Å². The average Bonchev–Trinajstić information content (AvgIpc) is 3.07. The van der Waals surface area contributed by atoms with Gasteiger partial charge in [-0.25, -0.2) is 9.97 Å². The first kappa shape index (κ1) is 18.3. The van der Waals surface area contributed by atoms with Crippen molar-refractivity contribution < 1.29 is 4.79 Å². The van der Waals surface area contributed by atoms with Crippen LogP contribution in [0, 0.1) is 12.8 Å². The van der Waals surface area contributed by atoms with Crippen molar-refractivity contribution in [1.82, 2.24) is 29.4 Å². The summed E-state index contributed by atoms with van der Waals surface area (Å²) in [5.41, 5.74) is 3.25. The molecule has 0 spiro atoms. The van der Waals surface area contributed by atoms with Gasteiger partial charge in [0.15, 0.2) is 0 Å². The summed E-state index contributed by atoms with van der Waals surface area (Å²) in [6.45, 7) is 3.48. The number of piperidine rings is 1. The van der Waals surface area contributed by atoms with Gasteiger partial charge in [0.1, 0.15) is 17.2 Å². The minimum Gasteiger partial charge on any atom is -0.337 e. The van der Waals surface area contributed by atoms with Crippen molar-refractivity contribution in [3.63, 3.8) is 0 Å². The minimum atomic E-state index is 0.00972. The summed E-state index contributed by atoms with van der Waals surface area (Å²) in [4.78, 5) is 32.3. The summed E-state index contributed by atoms with van der Waals surface area (Å²) in [6, 6.07) is 5.45. The Bertz CT molecular complexity index is 968. The highest BCUT2D eigenvalue weighted by Gasteiger charge is 2.25. The van der Waals surface area contributed by atoms with Crippen LogP contribution in [-0.4, -0.2) is 48.4 Å². The van der Waals surface area contributed by atoms with Gasteiger partial charge in [0, 0.05) is 32.5 Å². The summed E-state index contributed by atoms with van der Waals surface area (Å²) >= 11 is 0. The number of aromatic nitrogens is 5. The zero-order valence-corrected chi connectivity index (χ0v) is 16.2. The van der Waals surface area contributed by atoms with Crippen LogP contribution in [0.1, 0.15) is 34.8 Å². The van der Waals surface area contributed by atoms with Crippen LogP contribution in [0.3, 0.4) is 0 Å². The molecule has 7 nitrogen and oxygen atoms in total. The molecule has 0 aromatic carbocycles. The van der Waals surface area contributed by atoms with Crippen molar-refractivity contribution >= 4 is 5.91 Å². The fourth-order valence-corrected chi connectivity index (χ4v) is 3.73. The Morgan fingerprint density at radius 1 is 1.21 bits per heavy atom. The highest BCUT2D eigenvalue weighted by atomic mass is 16.2. The molecule has 1 amide bonds. The predicted octanol–water partition coefficient (Wildman–Crippen LogP) is 2.68. The first-order valence-electron chi connectivity index (χ1n) is 9.61. The van der Waals surface area contributed by atoms with Gasteiger partial charge in [0.2, 0.25) is 0 Å². The Balaban J connectivity index is 1.46. The molecule has 1 aliphatic rings. The number of carbonyl (C=O) groups excluding carboxylic acids is 1. The number of hydrogen-bond donors (Lipinski definition) is 0. The van der Waals surface area contributed by atoms with Gasteiger partial charge in [-0.1, -0.05) is 6.07 Å². The van der Waals surface area contributed by atoms with Crippen LogP contribution in [0.5, 0.6) is 0 Å². The van der Waals surface area contributed by atoms with E-state index in [-0.39, 0.29) is 5.91 Å². The molecule has 1 saturated heterocycles. The van der Waals surface area contributed by atoms with Gasteiger partial charge in [-0.3, -0.25) is 14.8 Å². The highest BCUT2D eigenvalue weighted by Crippen LogP contribution is 2.23. The first-order chi connectivity index (χ1) is 13.6. The topological polar surface area (TPSA) is 76.8 Å². The zero-order valence-electron chi connectivity index (χ0n) is 16.2. The minimum absolute atomic E-state index is 0.00972. The molecule has 7 heteroatoms. The lowest BCUT2D eigenvalue weighted by Crippen LogP contribution is -2.40. The van der Waals surface area contributed by atoms with Crippen molar-refractivity contribution in [2.24, 2.45) is 13.0 Å². The Labute approximate surface area is 164 Å². The third-order valence-corrected chi connectivity index (χ3v) is 5.36. The van der Waals surface area contributed by atoms with Crippen LogP contribution >= 0.6 is 0 Å². The number of carbonyl (C=O) groups is 1. The van der Waals surface area contributed by atoms with Crippen LogP contribution in [0.15, 0.2) is 43.0 Å². The molecule has 0 radical (unpaired) electrons. The normalized spacial score (nSPS) is 16.9. The molecule has 0 bridgehead atoms. The summed E-state index contributed by atoms with van der Waals surface area (Å²) in [6.07, 6.45) is 9.99. The fourth-order valence-electron chi connectivity index (χ4n) is 3.73. The summed E-state index contributed by atoms with van der Waals surface area (Å²) in [5.74, 6) is 1.33. The third-order valence-electron chi connectivity index (χ3n) is 5.36. The van der Waals surface area contributed by atoms with E-state index in [0.717, 1.165) is 55.3 Å². The maximum Gasteiger partial charge on any atom is 0.272 e. The Kier molecular flexibility index (Phi) is 5.14. The average molecular weight is 376 g/mol. The maximum atomic E-state index is 12.7. The Hall–Kier alpha value is -3.09. The summed E-state index contributed by atoms with van der Waals surface area (Å²) in [5, 5.41) is 0.